The normalized spacial score (nSPS) is 22.9. The van der Waals surface area contributed by atoms with Crippen molar-refractivity contribution in [2.75, 3.05) is 6.61 Å². The molecule has 0 aromatic rings. The second kappa shape index (κ2) is 5.49. The molecule has 1 fully saturated rings. The lowest BCUT2D eigenvalue weighted by Gasteiger charge is -2.30. The standard InChI is InChI=1S/C12H21NO4/c1-12(2,3)9(11(15)16)13-10(14)8-6-4-5-7-17-8/h8-9H,4-7H2,1-3H3,(H,13,14)(H,15,16)/t8?,9-/m1/s1. The second-order valence-electron chi connectivity index (χ2n) is 5.50. The molecule has 0 aliphatic carbocycles. The predicted molar refractivity (Wildman–Crippen MR) is 62.6 cm³/mol. The van der Waals surface area contributed by atoms with Gasteiger partial charge in [0.25, 0.3) is 0 Å². The third kappa shape index (κ3) is 4.00. The van der Waals surface area contributed by atoms with Gasteiger partial charge in [-0.2, -0.15) is 0 Å². The molecular weight excluding hydrogens is 222 g/mol. The highest BCUT2D eigenvalue weighted by molar-refractivity contribution is 5.86. The molecule has 0 radical (unpaired) electrons. The van der Waals surface area contributed by atoms with Crippen molar-refractivity contribution < 1.29 is 19.4 Å². The Kier molecular flexibility index (Phi) is 4.51. The average Bonchev–Trinajstić information content (AvgIpc) is 2.24. The largest absolute Gasteiger partial charge is 0.480 e. The molecule has 0 aromatic carbocycles. The molecule has 1 amide bonds. The van der Waals surface area contributed by atoms with Gasteiger partial charge in [0.15, 0.2) is 0 Å². The Labute approximate surface area is 102 Å². The number of nitrogens with one attached hydrogen (secondary N) is 1. The topological polar surface area (TPSA) is 75.6 Å². The van der Waals surface area contributed by atoms with Crippen LogP contribution in [0.5, 0.6) is 0 Å². The van der Waals surface area contributed by atoms with Crippen LogP contribution in [0, 0.1) is 5.41 Å². The van der Waals surface area contributed by atoms with Gasteiger partial charge in [-0.3, -0.25) is 4.79 Å². The summed E-state index contributed by atoms with van der Waals surface area (Å²) in [4.78, 5) is 23.0. The Morgan fingerprint density at radius 2 is 2.00 bits per heavy atom. The fraction of sp³-hybridized carbons (Fsp3) is 0.833. The van der Waals surface area contributed by atoms with Crippen molar-refractivity contribution in [3.63, 3.8) is 0 Å². The Morgan fingerprint density at radius 1 is 1.35 bits per heavy atom. The number of amides is 1. The lowest BCUT2D eigenvalue weighted by atomic mass is 9.86. The summed E-state index contributed by atoms with van der Waals surface area (Å²) < 4.78 is 5.33. The van der Waals surface area contributed by atoms with E-state index in [1.807, 2.05) is 0 Å². The molecule has 5 heteroatoms. The number of carbonyl (C=O) groups excluding carboxylic acids is 1. The SMILES string of the molecule is CC(C)(C)[C@H](NC(=O)C1CCCCO1)C(=O)O. The van der Waals surface area contributed by atoms with Crippen LogP contribution in [0.4, 0.5) is 0 Å². The van der Waals surface area contributed by atoms with Gasteiger partial charge in [-0.05, 0) is 24.7 Å². The van der Waals surface area contributed by atoms with E-state index in [1.54, 1.807) is 20.8 Å². The molecular formula is C12H21NO4. The van der Waals surface area contributed by atoms with Crippen molar-refractivity contribution in [3.05, 3.63) is 0 Å². The van der Waals surface area contributed by atoms with Gasteiger partial charge in [-0.1, -0.05) is 20.8 Å². The lowest BCUT2D eigenvalue weighted by Crippen LogP contribution is -2.52. The maximum atomic E-state index is 11.9. The predicted octanol–water partition coefficient (Wildman–Crippen LogP) is 1.17. The van der Waals surface area contributed by atoms with Gasteiger partial charge < -0.3 is 15.2 Å². The number of rotatable bonds is 3. The highest BCUT2D eigenvalue weighted by Gasteiger charge is 2.34. The monoisotopic (exact) mass is 243 g/mol. The molecule has 5 nitrogen and oxygen atoms in total. The first-order chi connectivity index (χ1) is 7.82. The van der Waals surface area contributed by atoms with E-state index >= 15 is 0 Å². The quantitative estimate of drug-likeness (QED) is 0.780. The minimum absolute atomic E-state index is 0.313. The molecule has 0 saturated carbocycles. The molecule has 1 saturated heterocycles. The van der Waals surface area contributed by atoms with Crippen molar-refractivity contribution >= 4 is 11.9 Å². The summed E-state index contributed by atoms with van der Waals surface area (Å²) in [5.41, 5.74) is -0.518. The maximum absolute atomic E-state index is 11.9. The summed E-state index contributed by atoms with van der Waals surface area (Å²) in [6.07, 6.45) is 2.09. The Morgan fingerprint density at radius 3 is 2.41 bits per heavy atom. The van der Waals surface area contributed by atoms with E-state index in [4.69, 9.17) is 9.84 Å². The summed E-state index contributed by atoms with van der Waals surface area (Å²) in [6.45, 7) is 5.93. The fourth-order valence-corrected chi connectivity index (χ4v) is 1.83. The molecule has 1 aliphatic heterocycles. The van der Waals surface area contributed by atoms with Crippen LogP contribution < -0.4 is 5.32 Å². The van der Waals surface area contributed by atoms with Crippen LogP contribution in [0.25, 0.3) is 0 Å². The minimum atomic E-state index is -1.01. The summed E-state index contributed by atoms with van der Waals surface area (Å²) in [7, 11) is 0. The van der Waals surface area contributed by atoms with E-state index in [0.29, 0.717) is 13.0 Å². The highest BCUT2D eigenvalue weighted by atomic mass is 16.5. The van der Waals surface area contributed by atoms with Crippen LogP contribution >= 0.6 is 0 Å². The van der Waals surface area contributed by atoms with Gasteiger partial charge in [-0.15, -0.1) is 0 Å². The first-order valence-electron chi connectivity index (χ1n) is 5.97. The average molecular weight is 243 g/mol. The molecule has 98 valence electrons. The number of carbonyl (C=O) groups is 2. The van der Waals surface area contributed by atoms with Crippen LogP contribution in [0.3, 0.4) is 0 Å². The van der Waals surface area contributed by atoms with Crippen LogP contribution in [-0.2, 0) is 14.3 Å². The molecule has 0 bridgehead atoms. The molecule has 1 unspecified atom stereocenters. The van der Waals surface area contributed by atoms with E-state index in [2.05, 4.69) is 5.32 Å². The van der Waals surface area contributed by atoms with Crippen LogP contribution in [0.15, 0.2) is 0 Å². The molecule has 1 heterocycles. The van der Waals surface area contributed by atoms with E-state index in [9.17, 15) is 9.59 Å². The van der Waals surface area contributed by atoms with Crippen LogP contribution in [-0.4, -0.2) is 35.7 Å². The van der Waals surface area contributed by atoms with E-state index in [0.717, 1.165) is 12.8 Å². The van der Waals surface area contributed by atoms with Gasteiger partial charge in [0.05, 0.1) is 0 Å². The van der Waals surface area contributed by atoms with Crippen LogP contribution in [0.1, 0.15) is 40.0 Å². The van der Waals surface area contributed by atoms with E-state index in [-0.39, 0.29) is 5.91 Å². The summed E-state index contributed by atoms with van der Waals surface area (Å²) in [6, 6.07) is -0.888. The number of hydrogen-bond acceptors (Lipinski definition) is 3. The van der Waals surface area contributed by atoms with Crippen molar-refractivity contribution in [1.82, 2.24) is 5.32 Å². The van der Waals surface area contributed by atoms with Crippen LogP contribution in [0.2, 0.25) is 0 Å². The molecule has 1 aliphatic rings. The Bertz CT molecular complexity index is 289. The van der Waals surface area contributed by atoms with Crippen molar-refractivity contribution in [1.29, 1.82) is 0 Å². The molecule has 17 heavy (non-hydrogen) atoms. The lowest BCUT2D eigenvalue weighted by molar-refractivity contribution is -0.148. The minimum Gasteiger partial charge on any atom is -0.480 e. The summed E-state index contributed by atoms with van der Waals surface area (Å²) in [5.74, 6) is -1.33. The van der Waals surface area contributed by atoms with Gasteiger partial charge >= 0.3 is 5.97 Å². The van der Waals surface area contributed by atoms with Crippen molar-refractivity contribution in [3.8, 4) is 0 Å². The second-order valence-corrected chi connectivity index (χ2v) is 5.50. The van der Waals surface area contributed by atoms with Gasteiger partial charge in [-0.25, -0.2) is 4.79 Å². The Balaban J connectivity index is 2.60. The number of hydrogen-bond donors (Lipinski definition) is 2. The number of carboxylic acids is 1. The summed E-state index contributed by atoms with van der Waals surface area (Å²) >= 11 is 0. The smallest absolute Gasteiger partial charge is 0.326 e. The Hall–Kier alpha value is -1.10. The zero-order valence-electron chi connectivity index (χ0n) is 10.7. The third-order valence-electron chi connectivity index (χ3n) is 2.87. The number of carboxylic acid groups (broad SMARTS) is 1. The van der Waals surface area contributed by atoms with Crippen molar-refractivity contribution in [2.45, 2.75) is 52.2 Å². The van der Waals surface area contributed by atoms with E-state index < -0.39 is 23.5 Å². The fourth-order valence-electron chi connectivity index (χ4n) is 1.83. The zero-order chi connectivity index (χ0) is 13.1. The number of aliphatic carboxylic acids is 1. The molecule has 2 N–H and O–H groups in total. The van der Waals surface area contributed by atoms with E-state index in [1.165, 1.54) is 0 Å². The highest BCUT2D eigenvalue weighted by Crippen LogP contribution is 2.20. The first-order valence-corrected chi connectivity index (χ1v) is 5.97. The van der Waals surface area contributed by atoms with Gasteiger partial charge in [0.2, 0.25) is 5.91 Å². The van der Waals surface area contributed by atoms with Crippen molar-refractivity contribution in [2.24, 2.45) is 5.41 Å². The molecule has 0 spiro atoms. The number of ether oxygens (including phenoxy) is 1. The molecule has 0 aromatic heterocycles. The van der Waals surface area contributed by atoms with Gasteiger partial charge in [0, 0.05) is 6.61 Å². The molecule has 2 atom stereocenters. The first kappa shape index (κ1) is 14.0. The van der Waals surface area contributed by atoms with Gasteiger partial charge in [0.1, 0.15) is 12.1 Å². The summed E-state index contributed by atoms with van der Waals surface area (Å²) in [5, 5.41) is 11.7. The molecule has 1 rings (SSSR count). The third-order valence-corrected chi connectivity index (χ3v) is 2.87. The maximum Gasteiger partial charge on any atom is 0.326 e. The zero-order valence-corrected chi connectivity index (χ0v) is 10.7.